The SMILES string of the molecule is CCOP(=O)(NC(=S)Nc1ccccc1Oc1ccccc1S)OCC. The molecule has 140 valence electrons. The van der Waals surface area contributed by atoms with E-state index in [0.29, 0.717) is 22.1 Å². The van der Waals surface area contributed by atoms with Gasteiger partial charge in [-0.05, 0) is 50.3 Å². The van der Waals surface area contributed by atoms with Crippen molar-refractivity contribution in [2.24, 2.45) is 0 Å². The van der Waals surface area contributed by atoms with E-state index in [-0.39, 0.29) is 18.3 Å². The first-order valence-electron chi connectivity index (χ1n) is 8.00. The molecule has 2 rings (SSSR count). The average Bonchev–Trinajstić information content (AvgIpc) is 2.58. The maximum absolute atomic E-state index is 12.5. The first-order chi connectivity index (χ1) is 12.5. The van der Waals surface area contributed by atoms with E-state index in [1.165, 1.54) is 0 Å². The summed E-state index contributed by atoms with van der Waals surface area (Å²) in [5.41, 5.74) is 0.598. The Morgan fingerprint density at radius 3 is 2.23 bits per heavy atom. The largest absolute Gasteiger partial charge is 0.454 e. The second-order valence-corrected chi connectivity index (χ2v) is 7.59. The molecule has 0 saturated heterocycles. The van der Waals surface area contributed by atoms with Crippen LogP contribution in [0.15, 0.2) is 53.4 Å². The van der Waals surface area contributed by atoms with E-state index in [1.807, 2.05) is 36.4 Å². The molecule has 0 amide bonds. The van der Waals surface area contributed by atoms with Gasteiger partial charge in [-0.3, -0.25) is 14.1 Å². The Kier molecular flexibility index (Phi) is 7.93. The smallest absolute Gasteiger partial charge is 0.434 e. The lowest BCUT2D eigenvalue weighted by Gasteiger charge is -2.20. The molecule has 0 saturated carbocycles. The van der Waals surface area contributed by atoms with Gasteiger partial charge in [-0.2, -0.15) is 0 Å². The summed E-state index contributed by atoms with van der Waals surface area (Å²) in [6, 6.07) is 14.6. The summed E-state index contributed by atoms with van der Waals surface area (Å²) < 4.78 is 28.8. The Labute approximate surface area is 164 Å². The molecule has 26 heavy (non-hydrogen) atoms. The van der Waals surface area contributed by atoms with Crippen LogP contribution in [0.4, 0.5) is 5.69 Å². The zero-order valence-corrected chi connectivity index (χ0v) is 17.1. The third kappa shape index (κ3) is 6.00. The number of para-hydroxylation sites is 3. The third-order valence-electron chi connectivity index (χ3n) is 3.06. The highest BCUT2D eigenvalue weighted by atomic mass is 32.1. The molecule has 0 radical (unpaired) electrons. The summed E-state index contributed by atoms with van der Waals surface area (Å²) in [6.07, 6.45) is 0. The lowest BCUT2D eigenvalue weighted by Crippen LogP contribution is -2.27. The van der Waals surface area contributed by atoms with E-state index in [1.54, 1.807) is 26.0 Å². The number of anilines is 1. The predicted octanol–water partition coefficient (Wildman–Crippen LogP) is 5.24. The Balaban J connectivity index is 2.13. The van der Waals surface area contributed by atoms with Crippen molar-refractivity contribution in [3.63, 3.8) is 0 Å². The first kappa shape index (κ1) is 20.7. The van der Waals surface area contributed by atoms with Crippen LogP contribution >= 0.6 is 32.6 Å². The van der Waals surface area contributed by atoms with Crippen molar-refractivity contribution in [1.82, 2.24) is 5.09 Å². The van der Waals surface area contributed by atoms with E-state index in [9.17, 15) is 4.57 Å². The summed E-state index contributed by atoms with van der Waals surface area (Å²) in [6.45, 7) is 3.90. The molecule has 0 heterocycles. The normalized spacial score (nSPS) is 11.0. The molecule has 0 bridgehead atoms. The van der Waals surface area contributed by atoms with E-state index in [0.717, 1.165) is 0 Å². The van der Waals surface area contributed by atoms with Crippen LogP contribution in [-0.2, 0) is 13.6 Å². The predicted molar refractivity (Wildman–Crippen MR) is 110 cm³/mol. The maximum atomic E-state index is 12.5. The summed E-state index contributed by atoms with van der Waals surface area (Å²) in [5, 5.41) is 5.67. The van der Waals surface area contributed by atoms with Crippen LogP contribution in [0.1, 0.15) is 13.8 Å². The molecule has 0 aliphatic carbocycles. The summed E-state index contributed by atoms with van der Waals surface area (Å²) in [5.74, 6) is 1.15. The number of benzene rings is 2. The van der Waals surface area contributed by atoms with Gasteiger partial charge >= 0.3 is 7.75 Å². The Hall–Kier alpha value is -1.57. The number of hydrogen-bond acceptors (Lipinski definition) is 6. The average molecular weight is 412 g/mol. The number of rotatable bonds is 8. The van der Waals surface area contributed by atoms with Crippen molar-refractivity contribution in [2.75, 3.05) is 18.5 Å². The molecule has 0 aromatic heterocycles. The zero-order chi connectivity index (χ0) is 19.0. The second kappa shape index (κ2) is 9.94. The molecule has 6 nitrogen and oxygen atoms in total. The summed E-state index contributed by atoms with van der Waals surface area (Å²) in [4.78, 5) is 0.709. The Morgan fingerprint density at radius 2 is 1.62 bits per heavy atom. The molecular formula is C17H21N2O4PS2. The molecule has 0 spiro atoms. The Bertz CT molecular complexity index is 794. The number of thiol groups is 1. The van der Waals surface area contributed by atoms with Crippen LogP contribution in [-0.4, -0.2) is 18.3 Å². The van der Waals surface area contributed by atoms with Crippen LogP contribution in [0.3, 0.4) is 0 Å². The second-order valence-electron chi connectivity index (χ2n) is 4.96. The van der Waals surface area contributed by atoms with Crippen molar-refractivity contribution in [2.45, 2.75) is 18.7 Å². The maximum Gasteiger partial charge on any atom is 0.434 e. The number of hydrogen-bond donors (Lipinski definition) is 3. The fraction of sp³-hybridized carbons (Fsp3) is 0.235. The van der Waals surface area contributed by atoms with Crippen LogP contribution in [0.2, 0.25) is 0 Å². The number of nitrogens with one attached hydrogen (secondary N) is 2. The van der Waals surface area contributed by atoms with E-state index in [4.69, 9.17) is 26.0 Å². The van der Waals surface area contributed by atoms with E-state index >= 15 is 0 Å². The molecule has 0 aliphatic heterocycles. The van der Waals surface area contributed by atoms with Crippen LogP contribution in [0.25, 0.3) is 0 Å². The van der Waals surface area contributed by atoms with Crippen LogP contribution < -0.4 is 15.1 Å². The highest BCUT2D eigenvalue weighted by Crippen LogP contribution is 2.43. The van der Waals surface area contributed by atoms with Gasteiger partial charge in [-0.15, -0.1) is 12.6 Å². The van der Waals surface area contributed by atoms with Gasteiger partial charge in [0.15, 0.2) is 10.9 Å². The molecule has 2 aromatic carbocycles. The fourth-order valence-corrected chi connectivity index (χ4v) is 3.88. The highest BCUT2D eigenvalue weighted by molar-refractivity contribution is 7.81. The molecule has 0 unspecified atom stereocenters. The van der Waals surface area contributed by atoms with Gasteiger partial charge in [-0.1, -0.05) is 24.3 Å². The van der Waals surface area contributed by atoms with Gasteiger partial charge in [-0.25, -0.2) is 4.57 Å². The first-order valence-corrected chi connectivity index (χ1v) is 10.4. The number of thiocarbonyl (C=S) groups is 1. The molecular weight excluding hydrogens is 391 g/mol. The number of ether oxygens (including phenoxy) is 1. The lowest BCUT2D eigenvalue weighted by molar-refractivity contribution is 0.216. The van der Waals surface area contributed by atoms with Crippen molar-refractivity contribution in [1.29, 1.82) is 0 Å². The van der Waals surface area contributed by atoms with Gasteiger partial charge in [0.05, 0.1) is 18.9 Å². The quantitative estimate of drug-likeness (QED) is 0.311. The fourth-order valence-electron chi connectivity index (χ4n) is 2.04. The molecule has 0 fully saturated rings. The monoisotopic (exact) mass is 412 g/mol. The van der Waals surface area contributed by atoms with Gasteiger partial charge in [0.25, 0.3) is 0 Å². The van der Waals surface area contributed by atoms with Crippen molar-refractivity contribution in [3.8, 4) is 11.5 Å². The molecule has 0 atom stereocenters. The zero-order valence-electron chi connectivity index (χ0n) is 14.5. The van der Waals surface area contributed by atoms with Gasteiger partial charge in [0.1, 0.15) is 5.75 Å². The van der Waals surface area contributed by atoms with Crippen LogP contribution in [0.5, 0.6) is 11.5 Å². The summed E-state index contributed by atoms with van der Waals surface area (Å²) >= 11 is 9.62. The van der Waals surface area contributed by atoms with Crippen LogP contribution in [0, 0.1) is 0 Å². The topological polar surface area (TPSA) is 68.8 Å². The van der Waals surface area contributed by atoms with Crippen molar-refractivity contribution < 1.29 is 18.3 Å². The van der Waals surface area contributed by atoms with Crippen molar-refractivity contribution in [3.05, 3.63) is 48.5 Å². The standard InChI is InChI=1S/C17H21N2O4PS2/c1-3-21-24(20,22-4-2)19-17(26)18-13-9-5-6-10-14(13)23-15-11-7-8-12-16(15)25/h5-12,25H,3-4H2,1-2H3,(H2,18,19,20,26). The van der Waals surface area contributed by atoms with Crippen molar-refractivity contribution >= 4 is 43.4 Å². The van der Waals surface area contributed by atoms with E-state index in [2.05, 4.69) is 23.0 Å². The van der Waals surface area contributed by atoms with Gasteiger partial charge in [0.2, 0.25) is 0 Å². The minimum Gasteiger partial charge on any atom is -0.454 e. The minimum absolute atomic E-state index is 0.102. The molecule has 2 N–H and O–H groups in total. The highest BCUT2D eigenvalue weighted by Gasteiger charge is 2.25. The van der Waals surface area contributed by atoms with Gasteiger partial charge < -0.3 is 10.1 Å². The van der Waals surface area contributed by atoms with Gasteiger partial charge in [0, 0.05) is 4.90 Å². The lowest BCUT2D eigenvalue weighted by atomic mass is 10.3. The van der Waals surface area contributed by atoms with E-state index < -0.39 is 7.75 Å². The molecule has 2 aromatic rings. The molecule has 0 aliphatic rings. The Morgan fingerprint density at radius 1 is 1.04 bits per heavy atom. The molecule has 9 heteroatoms. The minimum atomic E-state index is -3.51. The summed E-state index contributed by atoms with van der Waals surface area (Å²) in [7, 11) is -3.51. The third-order valence-corrected chi connectivity index (χ3v) is 5.48.